The zero-order chi connectivity index (χ0) is 17.4. The SMILES string of the molecule is NC(=O)c1c(NC(=O)CN2CCC[C@H]3CCCC[C@@H]32)sc2c1CCC2. The minimum absolute atomic E-state index is 0.00588. The molecule has 1 saturated carbocycles. The van der Waals surface area contributed by atoms with E-state index in [1.165, 1.54) is 54.7 Å². The third-order valence-electron chi connectivity index (χ3n) is 6.13. The van der Waals surface area contributed by atoms with Crippen molar-refractivity contribution in [2.75, 3.05) is 18.4 Å². The van der Waals surface area contributed by atoms with Crippen molar-refractivity contribution in [3.05, 3.63) is 16.0 Å². The number of carbonyl (C=O) groups excluding carboxylic acids is 2. The smallest absolute Gasteiger partial charge is 0.251 e. The third kappa shape index (κ3) is 3.34. The molecule has 5 nitrogen and oxygen atoms in total. The standard InChI is InChI=1S/C19H27N3O2S/c20-18(24)17-13-7-3-9-15(13)25-19(17)21-16(23)11-22-10-4-6-12-5-1-2-8-14(12)22/h12,14H,1-11H2,(H2,20,24)(H,21,23)/t12-,14+/m1/s1. The van der Waals surface area contributed by atoms with Crippen LogP contribution in [0.25, 0.3) is 0 Å². The largest absolute Gasteiger partial charge is 0.365 e. The number of nitrogens with one attached hydrogen (secondary N) is 1. The molecular formula is C19H27N3O2S. The average molecular weight is 362 g/mol. The summed E-state index contributed by atoms with van der Waals surface area (Å²) in [6, 6.07) is 0.567. The Balaban J connectivity index is 1.45. The first-order valence-corrected chi connectivity index (χ1v) is 10.4. The zero-order valence-corrected chi connectivity index (χ0v) is 15.5. The van der Waals surface area contributed by atoms with E-state index in [4.69, 9.17) is 5.73 Å². The van der Waals surface area contributed by atoms with Crippen LogP contribution >= 0.6 is 11.3 Å². The molecule has 0 radical (unpaired) electrons. The molecule has 3 N–H and O–H groups in total. The van der Waals surface area contributed by atoms with Gasteiger partial charge in [0.2, 0.25) is 5.91 Å². The molecule has 2 amide bonds. The summed E-state index contributed by atoms with van der Waals surface area (Å²) in [7, 11) is 0. The van der Waals surface area contributed by atoms with E-state index in [1.54, 1.807) is 0 Å². The van der Waals surface area contributed by atoms with Crippen molar-refractivity contribution in [2.24, 2.45) is 11.7 Å². The quantitative estimate of drug-likeness (QED) is 0.866. The minimum atomic E-state index is -0.417. The van der Waals surface area contributed by atoms with Gasteiger partial charge < -0.3 is 11.1 Å². The molecule has 0 spiro atoms. The molecule has 2 heterocycles. The molecule has 2 atom stereocenters. The van der Waals surface area contributed by atoms with Gasteiger partial charge in [0.15, 0.2) is 0 Å². The van der Waals surface area contributed by atoms with Gasteiger partial charge in [-0.2, -0.15) is 0 Å². The van der Waals surface area contributed by atoms with Crippen LogP contribution in [0.15, 0.2) is 0 Å². The van der Waals surface area contributed by atoms with Crippen LogP contribution < -0.4 is 11.1 Å². The normalized spacial score (nSPS) is 26.1. The Morgan fingerprint density at radius 2 is 1.92 bits per heavy atom. The lowest BCUT2D eigenvalue weighted by Gasteiger charge is -2.43. The van der Waals surface area contributed by atoms with Gasteiger partial charge in [-0.15, -0.1) is 11.3 Å². The second kappa shape index (κ2) is 7.08. The highest BCUT2D eigenvalue weighted by Gasteiger charge is 2.34. The molecule has 0 bridgehead atoms. The first-order valence-electron chi connectivity index (χ1n) is 9.61. The van der Waals surface area contributed by atoms with Gasteiger partial charge in [-0.1, -0.05) is 12.8 Å². The molecule has 1 aliphatic heterocycles. The monoisotopic (exact) mass is 361 g/mol. The molecule has 2 aliphatic carbocycles. The number of amides is 2. The van der Waals surface area contributed by atoms with Crippen molar-refractivity contribution >= 4 is 28.2 Å². The van der Waals surface area contributed by atoms with Gasteiger partial charge in [-0.25, -0.2) is 0 Å². The van der Waals surface area contributed by atoms with E-state index in [1.807, 2.05) is 0 Å². The number of piperidine rings is 1. The number of fused-ring (bicyclic) bond motifs is 2. The number of hydrogen-bond acceptors (Lipinski definition) is 4. The maximum absolute atomic E-state index is 12.7. The predicted molar refractivity (Wildman–Crippen MR) is 100 cm³/mol. The van der Waals surface area contributed by atoms with Crippen LogP contribution in [-0.2, 0) is 17.6 Å². The second-order valence-corrected chi connectivity index (χ2v) is 8.80. The fraction of sp³-hybridized carbons (Fsp3) is 0.684. The van der Waals surface area contributed by atoms with Gasteiger partial charge in [0.1, 0.15) is 5.00 Å². The fourth-order valence-corrected chi connectivity index (χ4v) is 6.34. The minimum Gasteiger partial charge on any atom is -0.365 e. The maximum atomic E-state index is 12.7. The van der Waals surface area contributed by atoms with Gasteiger partial charge in [-0.05, 0) is 63.0 Å². The van der Waals surface area contributed by atoms with Crippen LogP contribution in [0.2, 0.25) is 0 Å². The highest BCUT2D eigenvalue weighted by Crippen LogP contribution is 2.39. The summed E-state index contributed by atoms with van der Waals surface area (Å²) in [6.07, 6.45) is 10.6. The Morgan fingerprint density at radius 3 is 2.76 bits per heavy atom. The molecule has 1 aromatic heterocycles. The van der Waals surface area contributed by atoms with Crippen LogP contribution in [0.3, 0.4) is 0 Å². The van der Waals surface area contributed by atoms with E-state index in [-0.39, 0.29) is 5.91 Å². The Morgan fingerprint density at radius 1 is 1.12 bits per heavy atom. The summed E-state index contributed by atoms with van der Waals surface area (Å²) in [5.41, 5.74) is 7.21. The third-order valence-corrected chi connectivity index (χ3v) is 7.33. The van der Waals surface area contributed by atoms with E-state index >= 15 is 0 Å². The molecule has 0 aromatic carbocycles. The molecule has 0 unspecified atom stereocenters. The fourth-order valence-electron chi connectivity index (χ4n) is 5.03. The van der Waals surface area contributed by atoms with E-state index in [0.29, 0.717) is 23.2 Å². The zero-order valence-electron chi connectivity index (χ0n) is 14.7. The van der Waals surface area contributed by atoms with Gasteiger partial charge in [-0.3, -0.25) is 14.5 Å². The average Bonchev–Trinajstić information content (AvgIpc) is 3.15. The van der Waals surface area contributed by atoms with Gasteiger partial charge in [0.05, 0.1) is 12.1 Å². The molecule has 4 rings (SSSR count). The lowest BCUT2D eigenvalue weighted by molar-refractivity contribution is -0.118. The molecule has 6 heteroatoms. The summed E-state index contributed by atoms with van der Waals surface area (Å²) in [6.45, 7) is 1.44. The van der Waals surface area contributed by atoms with Crippen molar-refractivity contribution in [3.63, 3.8) is 0 Å². The molecule has 1 saturated heterocycles. The molecule has 136 valence electrons. The molecule has 2 fully saturated rings. The molecular weight excluding hydrogens is 334 g/mol. The first-order chi connectivity index (χ1) is 12.1. The van der Waals surface area contributed by atoms with Crippen LogP contribution in [0.5, 0.6) is 0 Å². The summed E-state index contributed by atoms with van der Waals surface area (Å²) in [5, 5.41) is 3.67. The van der Waals surface area contributed by atoms with Crippen LogP contribution in [0.4, 0.5) is 5.00 Å². The Kier molecular flexibility index (Phi) is 4.82. The van der Waals surface area contributed by atoms with Crippen LogP contribution in [0, 0.1) is 5.92 Å². The number of nitrogens with two attached hydrogens (primary N) is 1. The number of hydrogen-bond donors (Lipinski definition) is 2. The van der Waals surface area contributed by atoms with E-state index in [9.17, 15) is 9.59 Å². The highest BCUT2D eigenvalue weighted by molar-refractivity contribution is 7.17. The molecule has 25 heavy (non-hydrogen) atoms. The lowest BCUT2D eigenvalue weighted by Crippen LogP contribution is -2.49. The van der Waals surface area contributed by atoms with Gasteiger partial charge in [0.25, 0.3) is 5.91 Å². The van der Waals surface area contributed by atoms with Crippen molar-refractivity contribution in [3.8, 4) is 0 Å². The Labute approximate surface area is 153 Å². The van der Waals surface area contributed by atoms with E-state index in [2.05, 4.69) is 10.2 Å². The lowest BCUT2D eigenvalue weighted by atomic mass is 9.78. The van der Waals surface area contributed by atoms with Crippen molar-refractivity contribution in [1.82, 2.24) is 4.90 Å². The summed E-state index contributed by atoms with van der Waals surface area (Å²) in [4.78, 5) is 28.1. The van der Waals surface area contributed by atoms with E-state index in [0.717, 1.165) is 37.3 Å². The molecule has 3 aliphatic rings. The number of likely N-dealkylation sites (tertiary alicyclic amines) is 1. The second-order valence-electron chi connectivity index (χ2n) is 7.70. The summed E-state index contributed by atoms with van der Waals surface area (Å²) >= 11 is 1.54. The van der Waals surface area contributed by atoms with Crippen molar-refractivity contribution in [1.29, 1.82) is 0 Å². The number of aryl methyl sites for hydroxylation is 1. The van der Waals surface area contributed by atoms with Crippen LogP contribution in [-0.4, -0.2) is 35.8 Å². The summed E-state index contributed by atoms with van der Waals surface area (Å²) < 4.78 is 0. The van der Waals surface area contributed by atoms with Gasteiger partial charge in [0, 0.05) is 10.9 Å². The Bertz CT molecular complexity index is 682. The number of rotatable bonds is 4. The van der Waals surface area contributed by atoms with Crippen molar-refractivity contribution in [2.45, 2.75) is 63.8 Å². The molecule has 1 aromatic rings. The first kappa shape index (κ1) is 17.0. The van der Waals surface area contributed by atoms with E-state index < -0.39 is 5.91 Å². The van der Waals surface area contributed by atoms with Crippen molar-refractivity contribution < 1.29 is 9.59 Å². The summed E-state index contributed by atoms with van der Waals surface area (Å²) in [5.74, 6) is 0.343. The number of carbonyl (C=O) groups is 2. The number of primary amides is 1. The number of thiophene rings is 1. The number of anilines is 1. The van der Waals surface area contributed by atoms with Crippen LogP contribution in [0.1, 0.15) is 65.7 Å². The topological polar surface area (TPSA) is 75.4 Å². The maximum Gasteiger partial charge on any atom is 0.251 e. The predicted octanol–water partition coefficient (Wildman–Crippen LogP) is 2.93. The number of nitrogens with zero attached hydrogens (tertiary/aromatic N) is 1. The Hall–Kier alpha value is -1.40. The highest BCUT2D eigenvalue weighted by atomic mass is 32.1. The van der Waals surface area contributed by atoms with Gasteiger partial charge >= 0.3 is 0 Å².